The molecule has 0 saturated carbocycles. The van der Waals surface area contributed by atoms with Crippen LogP contribution >= 0.6 is 0 Å². The van der Waals surface area contributed by atoms with E-state index in [9.17, 15) is 4.79 Å². The molecular formula is C16H24N2O2. The molecule has 1 aromatic rings. The van der Waals surface area contributed by atoms with E-state index >= 15 is 0 Å². The molecule has 110 valence electrons. The van der Waals surface area contributed by atoms with Crippen LogP contribution in [0.4, 0.5) is 5.69 Å². The number of methoxy groups -OCH3 is 1. The molecule has 4 nitrogen and oxygen atoms in total. The van der Waals surface area contributed by atoms with Crippen molar-refractivity contribution in [2.24, 2.45) is 5.41 Å². The Balaban J connectivity index is 2.15. The average Bonchev–Trinajstić information content (AvgIpc) is 2.38. The molecule has 2 rings (SSSR count). The fourth-order valence-electron chi connectivity index (χ4n) is 2.93. The van der Waals surface area contributed by atoms with Crippen LogP contribution in [0, 0.1) is 19.3 Å². The van der Waals surface area contributed by atoms with Crippen molar-refractivity contribution in [1.82, 2.24) is 5.32 Å². The number of hydrogen-bond acceptors (Lipinski definition) is 3. The van der Waals surface area contributed by atoms with Gasteiger partial charge in [-0.2, -0.15) is 0 Å². The predicted octanol–water partition coefficient (Wildman–Crippen LogP) is 2.26. The molecule has 0 aliphatic carbocycles. The molecule has 0 aromatic heterocycles. The van der Waals surface area contributed by atoms with Crippen LogP contribution in [0.2, 0.25) is 0 Å². The molecule has 1 aromatic carbocycles. The van der Waals surface area contributed by atoms with Gasteiger partial charge in [0.1, 0.15) is 0 Å². The summed E-state index contributed by atoms with van der Waals surface area (Å²) < 4.78 is 5.30. The monoisotopic (exact) mass is 276 g/mol. The first-order valence-electron chi connectivity index (χ1n) is 7.15. The molecule has 0 unspecified atom stereocenters. The van der Waals surface area contributed by atoms with Crippen molar-refractivity contribution >= 4 is 11.6 Å². The fraction of sp³-hybridized carbons (Fsp3) is 0.562. The number of aryl methyl sites for hydroxylation is 2. The molecular weight excluding hydrogens is 252 g/mol. The number of benzene rings is 1. The standard InChI is InChI=1S/C16H24N2O2/c1-12-8-13(2)10-14(9-12)18-15(19)16(11-20-3)4-6-17-7-5-16/h8-10,17H,4-7,11H2,1-3H3,(H,18,19). The van der Waals surface area contributed by atoms with Gasteiger partial charge in [0.25, 0.3) is 0 Å². The van der Waals surface area contributed by atoms with Crippen molar-refractivity contribution < 1.29 is 9.53 Å². The Hall–Kier alpha value is -1.39. The van der Waals surface area contributed by atoms with Crippen LogP contribution < -0.4 is 10.6 Å². The third-order valence-electron chi connectivity index (χ3n) is 3.94. The fourth-order valence-corrected chi connectivity index (χ4v) is 2.93. The number of anilines is 1. The zero-order valence-electron chi connectivity index (χ0n) is 12.6. The normalized spacial score (nSPS) is 17.8. The number of amides is 1. The number of piperidine rings is 1. The van der Waals surface area contributed by atoms with E-state index in [2.05, 4.69) is 16.7 Å². The third-order valence-corrected chi connectivity index (χ3v) is 3.94. The smallest absolute Gasteiger partial charge is 0.233 e. The molecule has 0 radical (unpaired) electrons. The number of nitrogens with one attached hydrogen (secondary N) is 2. The highest BCUT2D eigenvalue weighted by Crippen LogP contribution is 2.31. The highest BCUT2D eigenvalue weighted by molar-refractivity contribution is 5.95. The second kappa shape index (κ2) is 6.37. The van der Waals surface area contributed by atoms with Gasteiger partial charge in [-0.15, -0.1) is 0 Å². The van der Waals surface area contributed by atoms with Gasteiger partial charge in [-0.25, -0.2) is 0 Å². The highest BCUT2D eigenvalue weighted by atomic mass is 16.5. The van der Waals surface area contributed by atoms with Gasteiger partial charge in [-0.3, -0.25) is 4.79 Å². The Kier molecular flexibility index (Phi) is 4.78. The SMILES string of the molecule is COCC1(C(=O)Nc2cc(C)cc(C)c2)CCNCC1. The van der Waals surface area contributed by atoms with Crippen molar-refractivity contribution in [3.63, 3.8) is 0 Å². The quantitative estimate of drug-likeness (QED) is 0.887. The molecule has 2 N–H and O–H groups in total. The number of ether oxygens (including phenoxy) is 1. The summed E-state index contributed by atoms with van der Waals surface area (Å²) in [6, 6.07) is 6.12. The topological polar surface area (TPSA) is 50.4 Å². The van der Waals surface area contributed by atoms with Crippen LogP contribution in [0.5, 0.6) is 0 Å². The van der Waals surface area contributed by atoms with Crippen molar-refractivity contribution in [1.29, 1.82) is 0 Å². The second-order valence-electron chi connectivity index (χ2n) is 5.79. The van der Waals surface area contributed by atoms with E-state index in [-0.39, 0.29) is 5.91 Å². The van der Waals surface area contributed by atoms with Crippen molar-refractivity contribution in [2.45, 2.75) is 26.7 Å². The lowest BCUT2D eigenvalue weighted by Gasteiger charge is -2.35. The van der Waals surface area contributed by atoms with E-state index in [0.29, 0.717) is 6.61 Å². The largest absolute Gasteiger partial charge is 0.384 e. The van der Waals surface area contributed by atoms with Crippen LogP contribution in [0.3, 0.4) is 0 Å². The van der Waals surface area contributed by atoms with E-state index < -0.39 is 5.41 Å². The van der Waals surface area contributed by atoms with Gasteiger partial charge in [0, 0.05) is 12.8 Å². The molecule has 1 amide bonds. The summed E-state index contributed by atoms with van der Waals surface area (Å²) in [6.45, 7) is 6.29. The maximum absolute atomic E-state index is 12.7. The van der Waals surface area contributed by atoms with Crippen LogP contribution in [0.1, 0.15) is 24.0 Å². The van der Waals surface area contributed by atoms with Crippen molar-refractivity contribution in [2.75, 3.05) is 32.1 Å². The predicted molar refractivity (Wildman–Crippen MR) is 81.0 cm³/mol. The minimum atomic E-state index is -0.405. The van der Waals surface area contributed by atoms with E-state index in [1.807, 2.05) is 26.0 Å². The van der Waals surface area contributed by atoms with Crippen LogP contribution in [0.25, 0.3) is 0 Å². The minimum absolute atomic E-state index is 0.0749. The van der Waals surface area contributed by atoms with Crippen LogP contribution in [0.15, 0.2) is 18.2 Å². The Morgan fingerprint density at radius 1 is 1.25 bits per heavy atom. The number of carbonyl (C=O) groups excluding carboxylic acids is 1. The number of hydrogen-bond donors (Lipinski definition) is 2. The zero-order valence-corrected chi connectivity index (χ0v) is 12.6. The summed E-state index contributed by atoms with van der Waals surface area (Å²) in [7, 11) is 1.66. The van der Waals surface area contributed by atoms with Gasteiger partial charge in [-0.05, 0) is 63.0 Å². The maximum Gasteiger partial charge on any atom is 0.233 e. The molecule has 0 atom stereocenters. The Labute approximate surface area is 120 Å². The first kappa shape index (κ1) is 15.0. The Morgan fingerprint density at radius 2 is 1.85 bits per heavy atom. The molecule has 0 spiro atoms. The van der Waals surface area contributed by atoms with E-state index in [0.717, 1.165) is 42.7 Å². The summed E-state index contributed by atoms with van der Waals surface area (Å²) >= 11 is 0. The maximum atomic E-state index is 12.7. The summed E-state index contributed by atoms with van der Waals surface area (Å²) in [5.74, 6) is 0.0749. The minimum Gasteiger partial charge on any atom is -0.384 e. The Morgan fingerprint density at radius 3 is 2.40 bits per heavy atom. The summed E-state index contributed by atoms with van der Waals surface area (Å²) in [5, 5.41) is 6.37. The van der Waals surface area contributed by atoms with Gasteiger partial charge in [-0.1, -0.05) is 6.07 Å². The van der Waals surface area contributed by atoms with Crippen LogP contribution in [-0.4, -0.2) is 32.7 Å². The number of rotatable bonds is 4. The first-order chi connectivity index (χ1) is 9.55. The average molecular weight is 276 g/mol. The molecule has 1 aliphatic heterocycles. The van der Waals surface area contributed by atoms with Crippen molar-refractivity contribution in [3.8, 4) is 0 Å². The van der Waals surface area contributed by atoms with Gasteiger partial charge in [0.05, 0.1) is 12.0 Å². The lowest BCUT2D eigenvalue weighted by molar-refractivity contribution is -0.130. The zero-order chi connectivity index (χ0) is 14.6. The molecule has 1 saturated heterocycles. The molecule has 1 fully saturated rings. The van der Waals surface area contributed by atoms with Gasteiger partial charge >= 0.3 is 0 Å². The second-order valence-corrected chi connectivity index (χ2v) is 5.79. The molecule has 1 aliphatic rings. The third kappa shape index (κ3) is 3.38. The number of carbonyl (C=O) groups is 1. The molecule has 4 heteroatoms. The molecule has 1 heterocycles. The lowest BCUT2D eigenvalue weighted by Crippen LogP contribution is -2.47. The highest BCUT2D eigenvalue weighted by Gasteiger charge is 2.39. The summed E-state index contributed by atoms with van der Waals surface area (Å²) in [6.07, 6.45) is 1.63. The summed E-state index contributed by atoms with van der Waals surface area (Å²) in [5.41, 5.74) is 2.79. The van der Waals surface area contributed by atoms with E-state index in [1.54, 1.807) is 7.11 Å². The first-order valence-corrected chi connectivity index (χ1v) is 7.15. The molecule has 20 heavy (non-hydrogen) atoms. The van der Waals surface area contributed by atoms with Gasteiger partial charge in [0.2, 0.25) is 5.91 Å². The van der Waals surface area contributed by atoms with Crippen LogP contribution in [-0.2, 0) is 9.53 Å². The van der Waals surface area contributed by atoms with Crippen molar-refractivity contribution in [3.05, 3.63) is 29.3 Å². The molecule has 0 bridgehead atoms. The summed E-state index contributed by atoms with van der Waals surface area (Å²) in [4.78, 5) is 12.7. The van der Waals surface area contributed by atoms with E-state index in [4.69, 9.17) is 4.74 Å². The van der Waals surface area contributed by atoms with Gasteiger partial charge < -0.3 is 15.4 Å². The van der Waals surface area contributed by atoms with E-state index in [1.165, 1.54) is 0 Å². The Bertz CT molecular complexity index is 454. The lowest BCUT2D eigenvalue weighted by atomic mass is 9.78. The van der Waals surface area contributed by atoms with Gasteiger partial charge in [0.15, 0.2) is 0 Å².